The monoisotopic (exact) mass is 345 g/mol. The molecule has 0 aliphatic rings. The molecule has 0 radical (unpaired) electrons. The largest absolute Gasteiger partial charge is 0.298 e. The van der Waals surface area contributed by atoms with Gasteiger partial charge in [0.1, 0.15) is 0 Å². The van der Waals surface area contributed by atoms with Gasteiger partial charge in [0.05, 0.1) is 0 Å². The Morgan fingerprint density at radius 1 is 1.38 bits per heavy atom. The summed E-state index contributed by atoms with van der Waals surface area (Å²) in [6.45, 7) is 12.2. The Hall–Kier alpha value is -1.30. The van der Waals surface area contributed by atoms with Gasteiger partial charge in [-0.1, -0.05) is 52.6 Å². The molecule has 0 aliphatic heterocycles. The van der Waals surface area contributed by atoms with Crippen molar-refractivity contribution in [2.24, 2.45) is 5.41 Å². The molecule has 1 rings (SSSR count). The number of halogens is 1. The molecular formula is C19H24BrN. The van der Waals surface area contributed by atoms with Gasteiger partial charge in [-0.25, -0.2) is 0 Å². The van der Waals surface area contributed by atoms with Crippen LogP contribution in [0.2, 0.25) is 0 Å². The number of hydrogen-bond donors (Lipinski definition) is 0. The molecule has 1 aromatic rings. The normalized spacial score (nSPS) is 11.5. The number of hydrogen-bond acceptors (Lipinski definition) is 1. The van der Waals surface area contributed by atoms with Gasteiger partial charge in [-0.3, -0.25) is 4.90 Å². The highest BCUT2D eigenvalue weighted by molar-refractivity contribution is 9.10. The van der Waals surface area contributed by atoms with Gasteiger partial charge in [0.15, 0.2) is 0 Å². The molecule has 0 amide bonds. The Morgan fingerprint density at radius 3 is 2.71 bits per heavy atom. The van der Waals surface area contributed by atoms with Crippen molar-refractivity contribution < 1.29 is 0 Å². The zero-order valence-electron chi connectivity index (χ0n) is 13.4. The highest BCUT2D eigenvalue weighted by Gasteiger charge is 2.03. The summed E-state index contributed by atoms with van der Waals surface area (Å²) in [4.78, 5) is 2.22. The first-order valence-corrected chi connectivity index (χ1v) is 7.87. The lowest BCUT2D eigenvalue weighted by Crippen LogP contribution is -2.20. The van der Waals surface area contributed by atoms with E-state index in [1.807, 2.05) is 18.2 Å². The smallest absolute Gasteiger partial charge is 0.0234 e. The lowest BCUT2D eigenvalue weighted by atomic mass is 9.98. The van der Waals surface area contributed by atoms with Crippen molar-refractivity contribution in [1.29, 1.82) is 0 Å². The van der Waals surface area contributed by atoms with E-state index in [9.17, 15) is 0 Å². The average molecular weight is 346 g/mol. The maximum Gasteiger partial charge on any atom is 0.0234 e. The summed E-state index contributed by atoms with van der Waals surface area (Å²) in [6, 6.07) is 8.25. The molecule has 1 aromatic carbocycles. The molecular weight excluding hydrogens is 322 g/mol. The van der Waals surface area contributed by atoms with Crippen molar-refractivity contribution in [1.82, 2.24) is 4.90 Å². The van der Waals surface area contributed by atoms with Crippen molar-refractivity contribution in [2.75, 3.05) is 20.1 Å². The molecule has 0 atom stereocenters. The first kappa shape index (κ1) is 17.8. The zero-order valence-corrected chi connectivity index (χ0v) is 15.0. The summed E-state index contributed by atoms with van der Waals surface area (Å²) in [5.74, 6) is 6.28. The fourth-order valence-corrected chi connectivity index (χ4v) is 2.14. The van der Waals surface area contributed by atoms with Crippen LogP contribution < -0.4 is 0 Å². The number of likely N-dealkylation sites (N-methyl/N-ethyl adjacent to an activating group) is 1. The van der Waals surface area contributed by atoms with Gasteiger partial charge in [-0.2, -0.15) is 0 Å². The standard InChI is InChI=1S/C19H24BrN/c1-16(17-10-9-11-18(20)14-17)15-21(5)13-8-6-7-12-19(2,3)4/h6,8-11,14H,1,13,15H2,2-5H3. The Kier molecular flexibility index (Phi) is 6.95. The van der Waals surface area contributed by atoms with Crippen molar-refractivity contribution >= 4 is 21.5 Å². The van der Waals surface area contributed by atoms with Crippen LogP contribution in [0.25, 0.3) is 5.57 Å². The molecule has 0 N–H and O–H groups in total. The van der Waals surface area contributed by atoms with E-state index in [0.717, 1.165) is 23.1 Å². The molecule has 0 spiro atoms. The summed E-state index contributed by atoms with van der Waals surface area (Å²) in [7, 11) is 2.09. The highest BCUT2D eigenvalue weighted by Crippen LogP contribution is 2.18. The molecule has 21 heavy (non-hydrogen) atoms. The summed E-state index contributed by atoms with van der Waals surface area (Å²) in [5.41, 5.74) is 2.35. The van der Waals surface area contributed by atoms with Gasteiger partial charge in [-0.15, -0.1) is 0 Å². The van der Waals surface area contributed by atoms with Gasteiger partial charge >= 0.3 is 0 Å². The fourth-order valence-electron chi connectivity index (χ4n) is 1.74. The zero-order chi connectivity index (χ0) is 15.9. The molecule has 0 aromatic heterocycles. The second-order valence-electron chi connectivity index (χ2n) is 6.23. The summed E-state index contributed by atoms with van der Waals surface area (Å²) in [6.07, 6.45) is 4.02. The predicted molar refractivity (Wildman–Crippen MR) is 97.0 cm³/mol. The Morgan fingerprint density at radius 2 is 2.10 bits per heavy atom. The Bertz CT molecular complexity index is 567. The van der Waals surface area contributed by atoms with Crippen LogP contribution in [-0.2, 0) is 0 Å². The van der Waals surface area contributed by atoms with Crippen LogP contribution in [0.3, 0.4) is 0 Å². The van der Waals surface area contributed by atoms with Gasteiger partial charge in [0, 0.05) is 23.0 Å². The molecule has 0 heterocycles. The second-order valence-corrected chi connectivity index (χ2v) is 7.15. The molecule has 1 nitrogen and oxygen atoms in total. The second kappa shape index (κ2) is 8.22. The van der Waals surface area contributed by atoms with Gasteiger partial charge in [-0.05, 0) is 57.2 Å². The fraction of sp³-hybridized carbons (Fsp3) is 0.368. The minimum Gasteiger partial charge on any atom is -0.298 e. The van der Waals surface area contributed by atoms with Crippen LogP contribution in [0.5, 0.6) is 0 Å². The third kappa shape index (κ3) is 7.90. The van der Waals surface area contributed by atoms with E-state index in [-0.39, 0.29) is 5.41 Å². The van der Waals surface area contributed by atoms with E-state index in [2.05, 4.69) is 85.3 Å². The van der Waals surface area contributed by atoms with Gasteiger partial charge in [0.2, 0.25) is 0 Å². The van der Waals surface area contributed by atoms with Crippen LogP contribution >= 0.6 is 15.9 Å². The first-order chi connectivity index (χ1) is 9.78. The van der Waals surface area contributed by atoms with Crippen LogP contribution in [0.15, 0.2) is 47.5 Å². The highest BCUT2D eigenvalue weighted by atomic mass is 79.9. The van der Waals surface area contributed by atoms with Crippen molar-refractivity contribution in [3.63, 3.8) is 0 Å². The van der Waals surface area contributed by atoms with Crippen molar-refractivity contribution in [3.8, 4) is 11.8 Å². The number of rotatable bonds is 5. The molecule has 0 aliphatic carbocycles. The number of benzene rings is 1. The van der Waals surface area contributed by atoms with E-state index in [0.29, 0.717) is 0 Å². The molecule has 0 bridgehead atoms. The minimum atomic E-state index is 0.0607. The Labute approximate surface area is 137 Å². The van der Waals surface area contributed by atoms with Gasteiger partial charge in [0.25, 0.3) is 0 Å². The van der Waals surface area contributed by atoms with Crippen molar-refractivity contribution in [3.05, 3.63) is 53.0 Å². The molecule has 2 heteroatoms. The van der Waals surface area contributed by atoms with Crippen molar-refractivity contribution in [2.45, 2.75) is 20.8 Å². The number of allylic oxidation sites excluding steroid dienone is 1. The molecule has 0 saturated heterocycles. The molecule has 0 fully saturated rings. The lowest BCUT2D eigenvalue weighted by molar-refractivity contribution is 0.419. The third-order valence-electron chi connectivity index (χ3n) is 2.76. The topological polar surface area (TPSA) is 3.24 Å². The van der Waals surface area contributed by atoms with Gasteiger partial charge < -0.3 is 0 Å². The first-order valence-electron chi connectivity index (χ1n) is 7.08. The van der Waals surface area contributed by atoms with E-state index in [1.165, 1.54) is 5.56 Å². The summed E-state index contributed by atoms with van der Waals surface area (Å²) < 4.78 is 1.08. The van der Waals surface area contributed by atoms with Crippen LogP contribution in [0.1, 0.15) is 26.3 Å². The predicted octanol–water partition coefficient (Wildman–Crippen LogP) is 5.00. The lowest BCUT2D eigenvalue weighted by Gasteiger charge is -2.16. The maximum absolute atomic E-state index is 4.17. The third-order valence-corrected chi connectivity index (χ3v) is 3.25. The SMILES string of the molecule is C=C(CN(C)CC=CC#CC(C)(C)C)c1cccc(Br)c1. The van der Waals surface area contributed by atoms with Crippen LogP contribution in [-0.4, -0.2) is 25.0 Å². The maximum atomic E-state index is 4.17. The van der Waals surface area contributed by atoms with E-state index in [1.54, 1.807) is 0 Å². The minimum absolute atomic E-state index is 0.0607. The summed E-state index contributed by atoms with van der Waals surface area (Å²) in [5, 5.41) is 0. The molecule has 0 saturated carbocycles. The van der Waals surface area contributed by atoms with Crippen LogP contribution in [0.4, 0.5) is 0 Å². The number of nitrogens with zero attached hydrogens (tertiary/aromatic N) is 1. The summed E-state index contributed by atoms with van der Waals surface area (Å²) >= 11 is 3.49. The van der Waals surface area contributed by atoms with E-state index >= 15 is 0 Å². The average Bonchev–Trinajstić information content (AvgIpc) is 2.36. The molecule has 112 valence electrons. The van der Waals surface area contributed by atoms with E-state index in [4.69, 9.17) is 0 Å². The molecule has 0 unspecified atom stereocenters. The van der Waals surface area contributed by atoms with Crippen LogP contribution in [0, 0.1) is 17.3 Å². The quantitative estimate of drug-likeness (QED) is 0.678. The van der Waals surface area contributed by atoms with E-state index < -0.39 is 0 Å². The Balaban J connectivity index is 2.46.